The number of amides is 2. The molecule has 1 aliphatic rings. The van der Waals surface area contributed by atoms with Crippen LogP contribution in [-0.4, -0.2) is 29.4 Å². The number of anilines is 2. The van der Waals surface area contributed by atoms with E-state index in [1.54, 1.807) is 25.1 Å². The molecular formula is C18H15Cl2N3O5. The average molecular weight is 424 g/mol. The van der Waals surface area contributed by atoms with Gasteiger partial charge in [0.05, 0.1) is 26.3 Å². The summed E-state index contributed by atoms with van der Waals surface area (Å²) in [6.45, 7) is 1.40. The molecule has 2 amide bonds. The van der Waals surface area contributed by atoms with Crippen LogP contribution in [0.1, 0.15) is 13.3 Å². The number of non-ortho nitro benzene ring substituents is 1. The highest BCUT2D eigenvalue weighted by Gasteiger charge is 2.35. The third-order valence-electron chi connectivity index (χ3n) is 4.15. The molecule has 146 valence electrons. The van der Waals surface area contributed by atoms with Crippen LogP contribution >= 0.6 is 23.2 Å². The fraction of sp³-hybridized carbons (Fsp3) is 0.222. The van der Waals surface area contributed by atoms with Crippen LogP contribution in [0, 0.1) is 10.1 Å². The zero-order valence-electron chi connectivity index (χ0n) is 14.6. The monoisotopic (exact) mass is 423 g/mol. The van der Waals surface area contributed by atoms with Gasteiger partial charge in [0.15, 0.2) is 6.10 Å². The Balaban J connectivity index is 1.90. The van der Waals surface area contributed by atoms with Gasteiger partial charge in [-0.05, 0) is 24.6 Å². The van der Waals surface area contributed by atoms with Crippen molar-refractivity contribution in [1.29, 1.82) is 0 Å². The minimum atomic E-state index is -0.781. The number of carbonyl (C=O) groups excluding carboxylic acids is 2. The van der Waals surface area contributed by atoms with Crippen LogP contribution in [-0.2, 0) is 9.59 Å². The molecule has 1 aliphatic heterocycles. The summed E-state index contributed by atoms with van der Waals surface area (Å²) in [5, 5.41) is 14.1. The number of nitro benzene ring substituents is 1. The van der Waals surface area contributed by atoms with Gasteiger partial charge in [0.25, 0.3) is 11.6 Å². The van der Waals surface area contributed by atoms with E-state index in [4.69, 9.17) is 27.9 Å². The number of carbonyl (C=O) groups is 2. The van der Waals surface area contributed by atoms with Gasteiger partial charge < -0.3 is 10.1 Å². The third-order valence-corrected chi connectivity index (χ3v) is 4.97. The maximum absolute atomic E-state index is 12.7. The molecule has 1 N–H and O–H groups in total. The Morgan fingerprint density at radius 1 is 1.32 bits per heavy atom. The highest BCUT2D eigenvalue weighted by atomic mass is 35.5. The second-order valence-corrected chi connectivity index (χ2v) is 6.78. The first-order chi connectivity index (χ1) is 13.3. The van der Waals surface area contributed by atoms with Crippen molar-refractivity contribution in [2.24, 2.45) is 0 Å². The summed E-state index contributed by atoms with van der Waals surface area (Å²) in [5.74, 6) is -0.694. The normalized spacial score (nSPS) is 15.6. The van der Waals surface area contributed by atoms with Gasteiger partial charge in [0.1, 0.15) is 12.3 Å². The predicted molar refractivity (Wildman–Crippen MR) is 105 cm³/mol. The lowest BCUT2D eigenvalue weighted by Gasteiger charge is -2.33. The Hall–Kier alpha value is -2.84. The third kappa shape index (κ3) is 3.88. The molecule has 10 heteroatoms. The topological polar surface area (TPSA) is 102 Å². The first-order valence-corrected chi connectivity index (χ1v) is 9.07. The minimum Gasteiger partial charge on any atom is -0.478 e. The summed E-state index contributed by atoms with van der Waals surface area (Å²) in [6, 6.07) is 8.67. The van der Waals surface area contributed by atoms with Crippen LogP contribution in [0.5, 0.6) is 5.75 Å². The zero-order chi connectivity index (χ0) is 20.4. The number of nitrogens with zero attached hydrogens (tertiary/aromatic N) is 2. The molecule has 0 bridgehead atoms. The molecule has 0 fully saturated rings. The number of hydrogen-bond acceptors (Lipinski definition) is 5. The number of hydrogen-bond donors (Lipinski definition) is 1. The summed E-state index contributed by atoms with van der Waals surface area (Å²) in [5.41, 5.74) is 0.246. The average Bonchev–Trinajstić information content (AvgIpc) is 2.67. The second kappa shape index (κ2) is 8.04. The molecule has 1 atom stereocenters. The first-order valence-electron chi connectivity index (χ1n) is 8.32. The zero-order valence-corrected chi connectivity index (χ0v) is 16.2. The maximum Gasteiger partial charge on any atom is 0.271 e. The number of fused-ring (bicyclic) bond motifs is 1. The van der Waals surface area contributed by atoms with Crippen molar-refractivity contribution in [3.63, 3.8) is 0 Å². The van der Waals surface area contributed by atoms with Crippen LogP contribution in [0.25, 0.3) is 0 Å². The van der Waals surface area contributed by atoms with Crippen LogP contribution in [0.15, 0.2) is 36.4 Å². The lowest BCUT2D eigenvalue weighted by molar-refractivity contribution is -0.384. The molecule has 1 heterocycles. The fourth-order valence-electron chi connectivity index (χ4n) is 2.78. The Kier molecular flexibility index (Phi) is 5.71. The maximum atomic E-state index is 12.7. The lowest BCUT2D eigenvalue weighted by Crippen LogP contribution is -2.48. The van der Waals surface area contributed by atoms with E-state index in [9.17, 15) is 19.7 Å². The molecule has 1 unspecified atom stereocenters. The van der Waals surface area contributed by atoms with Gasteiger partial charge in [-0.1, -0.05) is 36.2 Å². The second-order valence-electron chi connectivity index (χ2n) is 6.00. The molecule has 0 radical (unpaired) electrons. The standard InChI is InChI=1S/C18H15Cl2N3O5/c1-2-14-18(25)22(13-8-10(23(26)27)6-7-15(13)28-14)9-16(24)21-12-5-3-4-11(19)17(12)20/h3-8,14H,2,9H2,1H3,(H,21,24). The molecular weight excluding hydrogens is 409 g/mol. The van der Waals surface area contributed by atoms with Gasteiger partial charge >= 0.3 is 0 Å². The number of benzene rings is 2. The van der Waals surface area contributed by atoms with E-state index in [1.807, 2.05) is 0 Å². The molecule has 0 aliphatic carbocycles. The van der Waals surface area contributed by atoms with E-state index in [0.717, 1.165) is 0 Å². The summed E-state index contributed by atoms with van der Waals surface area (Å²) in [7, 11) is 0. The molecule has 3 rings (SSSR count). The van der Waals surface area contributed by atoms with Gasteiger partial charge in [-0.25, -0.2) is 0 Å². The van der Waals surface area contributed by atoms with E-state index < -0.39 is 22.8 Å². The summed E-state index contributed by atoms with van der Waals surface area (Å²) < 4.78 is 5.61. The smallest absolute Gasteiger partial charge is 0.271 e. The van der Waals surface area contributed by atoms with Crippen molar-refractivity contribution in [2.75, 3.05) is 16.8 Å². The van der Waals surface area contributed by atoms with Gasteiger partial charge in [-0.15, -0.1) is 0 Å². The molecule has 0 spiro atoms. The van der Waals surface area contributed by atoms with Crippen molar-refractivity contribution in [3.8, 4) is 5.75 Å². The van der Waals surface area contributed by atoms with Crippen LogP contribution in [0.3, 0.4) is 0 Å². The largest absolute Gasteiger partial charge is 0.478 e. The summed E-state index contributed by atoms with van der Waals surface area (Å²) in [4.78, 5) is 36.9. The molecule has 0 saturated heterocycles. The van der Waals surface area contributed by atoms with Crippen LogP contribution in [0.4, 0.5) is 17.1 Å². The SMILES string of the molecule is CCC1Oc2ccc([N+](=O)[O-])cc2N(CC(=O)Nc2cccc(Cl)c2Cl)C1=O. The number of halogens is 2. The highest BCUT2D eigenvalue weighted by Crippen LogP contribution is 2.37. The van der Waals surface area contributed by atoms with E-state index in [-0.39, 0.29) is 28.0 Å². The van der Waals surface area contributed by atoms with Crippen LogP contribution in [0.2, 0.25) is 10.0 Å². The quantitative estimate of drug-likeness (QED) is 0.577. The van der Waals surface area contributed by atoms with Crippen molar-refractivity contribution < 1.29 is 19.2 Å². The Morgan fingerprint density at radius 3 is 2.75 bits per heavy atom. The van der Waals surface area contributed by atoms with Gasteiger partial charge in [-0.2, -0.15) is 0 Å². The minimum absolute atomic E-state index is 0.163. The molecule has 2 aromatic carbocycles. The molecule has 0 aromatic heterocycles. The number of nitro groups is 1. The fourth-order valence-corrected chi connectivity index (χ4v) is 3.13. The molecule has 2 aromatic rings. The van der Waals surface area contributed by atoms with Crippen molar-refractivity contribution in [3.05, 3.63) is 56.6 Å². The van der Waals surface area contributed by atoms with E-state index in [2.05, 4.69) is 5.32 Å². The summed E-state index contributed by atoms with van der Waals surface area (Å²) >= 11 is 12.0. The Morgan fingerprint density at radius 2 is 2.07 bits per heavy atom. The number of rotatable bonds is 5. The Labute approximate surface area is 170 Å². The van der Waals surface area contributed by atoms with Crippen molar-refractivity contribution in [1.82, 2.24) is 0 Å². The first kappa shape index (κ1) is 19.9. The van der Waals surface area contributed by atoms with Crippen molar-refractivity contribution >= 4 is 52.1 Å². The number of nitrogens with one attached hydrogen (secondary N) is 1. The van der Waals surface area contributed by atoms with Gasteiger partial charge in [0.2, 0.25) is 5.91 Å². The highest BCUT2D eigenvalue weighted by molar-refractivity contribution is 6.44. The lowest BCUT2D eigenvalue weighted by atomic mass is 10.1. The summed E-state index contributed by atoms with van der Waals surface area (Å²) in [6.07, 6.45) is -0.399. The molecule has 0 saturated carbocycles. The van der Waals surface area contributed by atoms with Crippen LogP contribution < -0.4 is 15.0 Å². The van der Waals surface area contributed by atoms with E-state index in [0.29, 0.717) is 17.9 Å². The molecule has 8 nitrogen and oxygen atoms in total. The van der Waals surface area contributed by atoms with E-state index >= 15 is 0 Å². The van der Waals surface area contributed by atoms with Crippen molar-refractivity contribution in [2.45, 2.75) is 19.4 Å². The Bertz CT molecular complexity index is 966. The van der Waals surface area contributed by atoms with Gasteiger partial charge in [0, 0.05) is 12.1 Å². The van der Waals surface area contributed by atoms with Gasteiger partial charge in [-0.3, -0.25) is 24.6 Å². The number of ether oxygens (including phenoxy) is 1. The molecule has 28 heavy (non-hydrogen) atoms. The predicted octanol–water partition coefficient (Wildman–Crippen LogP) is 4.04. The van der Waals surface area contributed by atoms with E-state index in [1.165, 1.54) is 23.1 Å².